The molecule has 0 radical (unpaired) electrons. The van der Waals surface area contributed by atoms with Gasteiger partial charge in [0.15, 0.2) is 0 Å². The van der Waals surface area contributed by atoms with Gasteiger partial charge in [-0.3, -0.25) is 0 Å². The van der Waals surface area contributed by atoms with Gasteiger partial charge in [0, 0.05) is 6.61 Å². The molecule has 0 aliphatic heterocycles. The second kappa shape index (κ2) is 5.02. The first kappa shape index (κ1) is 14.4. The van der Waals surface area contributed by atoms with Crippen LogP contribution in [0.5, 0.6) is 0 Å². The minimum Gasteiger partial charge on any atom is -0.396 e. The van der Waals surface area contributed by atoms with Crippen molar-refractivity contribution in [1.82, 2.24) is 0 Å². The van der Waals surface area contributed by atoms with E-state index in [0.717, 1.165) is 30.6 Å². The Labute approximate surface area is 123 Å². The van der Waals surface area contributed by atoms with Crippen LogP contribution >= 0.6 is 0 Å². The molecule has 6 atom stereocenters. The maximum atomic E-state index is 9.48. The van der Waals surface area contributed by atoms with Crippen LogP contribution in [-0.2, 0) is 0 Å². The lowest BCUT2D eigenvalue weighted by Crippen LogP contribution is -2.47. The van der Waals surface area contributed by atoms with Gasteiger partial charge in [-0.15, -0.1) is 0 Å². The van der Waals surface area contributed by atoms with Gasteiger partial charge < -0.3 is 5.11 Å². The Hall–Kier alpha value is -0.550. The molecule has 3 saturated carbocycles. The van der Waals surface area contributed by atoms with Gasteiger partial charge in [-0.1, -0.05) is 13.8 Å². The number of nitriles is 1. The highest BCUT2D eigenvalue weighted by Crippen LogP contribution is 2.65. The van der Waals surface area contributed by atoms with Crippen molar-refractivity contribution in [2.24, 2.45) is 34.5 Å². The molecule has 0 bridgehead atoms. The lowest BCUT2D eigenvalue weighted by Gasteiger charge is -2.56. The van der Waals surface area contributed by atoms with E-state index in [1.807, 2.05) is 0 Å². The fraction of sp³-hybridized carbons (Fsp3) is 0.944. The van der Waals surface area contributed by atoms with Gasteiger partial charge >= 0.3 is 0 Å². The predicted molar refractivity (Wildman–Crippen MR) is 79.8 cm³/mol. The third-order valence-corrected chi connectivity index (χ3v) is 7.31. The van der Waals surface area contributed by atoms with Crippen molar-refractivity contribution in [2.45, 2.75) is 65.2 Å². The van der Waals surface area contributed by atoms with E-state index >= 15 is 0 Å². The Morgan fingerprint density at radius 2 is 1.95 bits per heavy atom. The summed E-state index contributed by atoms with van der Waals surface area (Å²) in [6.07, 6.45) is 9.91. The summed E-state index contributed by atoms with van der Waals surface area (Å²) in [5.41, 5.74) is 0.737. The van der Waals surface area contributed by atoms with Crippen molar-refractivity contribution in [1.29, 1.82) is 5.26 Å². The van der Waals surface area contributed by atoms with Crippen LogP contribution in [0.4, 0.5) is 0 Å². The molecule has 3 aliphatic rings. The Balaban J connectivity index is 1.79. The molecule has 2 nitrogen and oxygen atoms in total. The van der Waals surface area contributed by atoms with Gasteiger partial charge in [0.05, 0.1) is 12.0 Å². The van der Waals surface area contributed by atoms with E-state index in [4.69, 9.17) is 0 Å². The molecule has 0 heterocycles. The zero-order valence-electron chi connectivity index (χ0n) is 13.1. The summed E-state index contributed by atoms with van der Waals surface area (Å²) in [5.74, 6) is 2.65. The van der Waals surface area contributed by atoms with Gasteiger partial charge in [-0.2, -0.15) is 5.26 Å². The van der Waals surface area contributed by atoms with Crippen LogP contribution in [0.2, 0.25) is 0 Å². The summed E-state index contributed by atoms with van der Waals surface area (Å²) in [6.45, 7) is 5.24. The minimum absolute atomic E-state index is 0.282. The second-order valence-electron chi connectivity index (χ2n) is 8.38. The molecule has 0 saturated heterocycles. The molecule has 112 valence electrons. The van der Waals surface area contributed by atoms with E-state index in [0.29, 0.717) is 17.9 Å². The van der Waals surface area contributed by atoms with E-state index in [1.54, 1.807) is 0 Å². The molecule has 0 aromatic rings. The Kier molecular flexibility index (Phi) is 3.61. The Morgan fingerprint density at radius 3 is 2.65 bits per heavy atom. The van der Waals surface area contributed by atoms with Crippen LogP contribution in [0.25, 0.3) is 0 Å². The van der Waals surface area contributed by atoms with Crippen molar-refractivity contribution in [3.8, 4) is 6.07 Å². The molecule has 0 amide bonds. The van der Waals surface area contributed by atoms with Crippen molar-refractivity contribution < 1.29 is 5.11 Å². The minimum atomic E-state index is 0.282. The molecule has 0 aromatic heterocycles. The molecule has 1 N–H and O–H groups in total. The monoisotopic (exact) mass is 275 g/mol. The fourth-order valence-corrected chi connectivity index (χ4v) is 5.99. The number of aliphatic hydroxyl groups excluding tert-OH is 1. The van der Waals surface area contributed by atoms with E-state index in [9.17, 15) is 10.4 Å². The number of nitrogens with zero attached hydrogens (tertiary/aromatic N) is 1. The summed E-state index contributed by atoms with van der Waals surface area (Å²) in [5, 5.41) is 18.7. The summed E-state index contributed by atoms with van der Waals surface area (Å²) in [6, 6.07) is 2.61. The largest absolute Gasteiger partial charge is 0.396 e. The third-order valence-electron chi connectivity index (χ3n) is 7.31. The molecule has 3 rings (SSSR count). The second-order valence-corrected chi connectivity index (χ2v) is 8.38. The first-order valence-corrected chi connectivity index (χ1v) is 8.52. The van der Waals surface area contributed by atoms with Gasteiger partial charge in [0.2, 0.25) is 0 Å². The topological polar surface area (TPSA) is 44.0 Å². The number of hydrogen-bond acceptors (Lipinski definition) is 2. The van der Waals surface area contributed by atoms with Gasteiger partial charge in [-0.25, -0.2) is 0 Å². The number of hydrogen-bond donors (Lipinski definition) is 1. The van der Waals surface area contributed by atoms with Gasteiger partial charge in [0.25, 0.3) is 0 Å². The lowest BCUT2D eigenvalue weighted by molar-refractivity contribution is -0.0612. The van der Waals surface area contributed by atoms with Crippen molar-refractivity contribution in [3.05, 3.63) is 0 Å². The number of fused-ring (bicyclic) bond motifs is 2. The Morgan fingerprint density at radius 1 is 1.15 bits per heavy atom. The van der Waals surface area contributed by atoms with Gasteiger partial charge in [-0.05, 0) is 80.0 Å². The maximum Gasteiger partial charge on any atom is 0.0661 e. The summed E-state index contributed by atoms with van der Waals surface area (Å²) < 4.78 is 0. The van der Waals surface area contributed by atoms with Gasteiger partial charge in [0.1, 0.15) is 0 Å². The quantitative estimate of drug-likeness (QED) is 0.823. The van der Waals surface area contributed by atoms with E-state index < -0.39 is 0 Å². The van der Waals surface area contributed by atoms with E-state index in [2.05, 4.69) is 19.9 Å². The van der Waals surface area contributed by atoms with Crippen molar-refractivity contribution in [2.75, 3.05) is 6.61 Å². The first-order valence-electron chi connectivity index (χ1n) is 8.52. The lowest BCUT2D eigenvalue weighted by atomic mass is 9.49. The van der Waals surface area contributed by atoms with Crippen LogP contribution < -0.4 is 0 Å². The number of rotatable bonds is 2. The molecule has 0 spiro atoms. The normalized spacial score (nSPS) is 51.1. The molecule has 3 fully saturated rings. The Bertz CT molecular complexity index is 414. The molecule has 20 heavy (non-hydrogen) atoms. The maximum absolute atomic E-state index is 9.48. The fourth-order valence-electron chi connectivity index (χ4n) is 5.99. The summed E-state index contributed by atoms with van der Waals surface area (Å²) in [7, 11) is 0. The van der Waals surface area contributed by atoms with Crippen LogP contribution in [-0.4, -0.2) is 11.7 Å². The van der Waals surface area contributed by atoms with Crippen LogP contribution in [0.15, 0.2) is 0 Å². The van der Waals surface area contributed by atoms with E-state index in [-0.39, 0.29) is 5.41 Å². The van der Waals surface area contributed by atoms with Crippen LogP contribution in [0, 0.1) is 45.8 Å². The standard InChI is InChI=1S/C18H29NO/c1-17-7-5-13(6-8-20)9-16(17)10-14-3-4-15(11-19)18(14,2)12-17/h13-16,20H,3-10,12H2,1-2H3/t13-,14-,15+,16+,17+,18-/m0/s1. The zero-order valence-corrected chi connectivity index (χ0v) is 13.1. The molecular formula is C18H29NO. The third kappa shape index (κ3) is 2.10. The highest BCUT2D eigenvalue weighted by molar-refractivity contribution is 5.11. The summed E-state index contributed by atoms with van der Waals surface area (Å²) >= 11 is 0. The molecule has 2 heteroatoms. The SMILES string of the molecule is C[C@]12CC[C@@H](CCO)C[C@@H]1C[C@@H]1CC[C@H](C#N)[C@@]1(C)C2. The highest BCUT2D eigenvalue weighted by atomic mass is 16.3. The predicted octanol–water partition coefficient (Wildman–Crippen LogP) is 4.14. The molecular weight excluding hydrogens is 246 g/mol. The molecule has 0 aromatic carbocycles. The molecule has 0 unspecified atom stereocenters. The smallest absolute Gasteiger partial charge is 0.0661 e. The van der Waals surface area contributed by atoms with Crippen molar-refractivity contribution >= 4 is 0 Å². The first-order chi connectivity index (χ1) is 9.52. The molecule has 3 aliphatic carbocycles. The van der Waals surface area contributed by atoms with Crippen LogP contribution in [0.3, 0.4) is 0 Å². The zero-order chi connectivity index (χ0) is 14.4. The average Bonchev–Trinajstić information content (AvgIpc) is 2.71. The van der Waals surface area contributed by atoms with Crippen LogP contribution in [0.1, 0.15) is 65.2 Å². The van der Waals surface area contributed by atoms with Crippen molar-refractivity contribution in [3.63, 3.8) is 0 Å². The number of aliphatic hydroxyl groups is 1. The summed E-state index contributed by atoms with van der Waals surface area (Å²) in [4.78, 5) is 0. The average molecular weight is 275 g/mol. The van der Waals surface area contributed by atoms with E-state index in [1.165, 1.54) is 38.5 Å². The highest BCUT2D eigenvalue weighted by Gasteiger charge is 2.57.